The molecule has 1 rings (SSSR count). The van der Waals surface area contributed by atoms with Gasteiger partial charge in [-0.05, 0) is 25.1 Å². The molecule has 0 bridgehead atoms. The maximum absolute atomic E-state index is 11.1. The topological polar surface area (TPSA) is 64.3 Å². The van der Waals surface area contributed by atoms with Gasteiger partial charge in [0.05, 0.1) is 0 Å². The molecule has 1 aromatic rings. The fourth-order valence-electron chi connectivity index (χ4n) is 1.22. The highest BCUT2D eigenvalue weighted by molar-refractivity contribution is 9.10. The van der Waals surface area contributed by atoms with E-state index in [1.165, 1.54) is 0 Å². The second kappa shape index (κ2) is 5.86. The van der Waals surface area contributed by atoms with E-state index < -0.39 is 0 Å². The first-order chi connectivity index (χ1) is 7.54. The first-order valence-electron chi connectivity index (χ1n) is 4.93. The molecule has 0 unspecified atom stereocenters. The molecule has 0 aromatic heterocycles. The number of amides is 1. The summed E-state index contributed by atoms with van der Waals surface area (Å²) in [6.45, 7) is 1.87. The van der Waals surface area contributed by atoms with Crippen LogP contribution in [0.2, 0.25) is 0 Å². The fourth-order valence-corrected chi connectivity index (χ4v) is 1.60. The van der Waals surface area contributed by atoms with Gasteiger partial charge in [0.15, 0.2) is 6.61 Å². The number of ether oxygens (including phenoxy) is 1. The van der Waals surface area contributed by atoms with Crippen molar-refractivity contribution in [3.8, 4) is 5.75 Å². The number of rotatable bonds is 4. The van der Waals surface area contributed by atoms with Crippen LogP contribution in [-0.4, -0.2) is 19.6 Å². The van der Waals surface area contributed by atoms with Gasteiger partial charge in [-0.15, -0.1) is 0 Å². The summed E-state index contributed by atoms with van der Waals surface area (Å²) in [5.41, 5.74) is 6.69. The number of nitrogens with one attached hydrogen (secondary N) is 1. The standard InChI is InChI=1S/C11H15BrN2O2/c1-7(13)9-5-8(12)3-4-10(9)16-6-11(15)14-2/h3-5,7H,6,13H2,1-2H3,(H,14,15)/t7-/m0/s1. The average Bonchev–Trinajstić information content (AvgIpc) is 2.26. The molecule has 0 saturated heterocycles. The third-order valence-corrected chi connectivity index (χ3v) is 2.59. The third kappa shape index (κ3) is 3.50. The van der Waals surface area contributed by atoms with Gasteiger partial charge in [-0.1, -0.05) is 15.9 Å². The molecule has 88 valence electrons. The van der Waals surface area contributed by atoms with Gasteiger partial charge in [-0.25, -0.2) is 0 Å². The molecule has 0 spiro atoms. The van der Waals surface area contributed by atoms with Gasteiger partial charge < -0.3 is 15.8 Å². The van der Waals surface area contributed by atoms with Crippen LogP contribution in [0, 0.1) is 0 Å². The molecule has 3 N–H and O–H groups in total. The van der Waals surface area contributed by atoms with E-state index in [4.69, 9.17) is 10.5 Å². The van der Waals surface area contributed by atoms with Crippen molar-refractivity contribution in [3.63, 3.8) is 0 Å². The first-order valence-corrected chi connectivity index (χ1v) is 5.72. The Hall–Kier alpha value is -1.07. The Kier molecular flexibility index (Phi) is 4.76. The molecule has 0 saturated carbocycles. The Labute approximate surface area is 103 Å². The molecule has 1 atom stereocenters. The lowest BCUT2D eigenvalue weighted by molar-refractivity contribution is -0.122. The van der Waals surface area contributed by atoms with Gasteiger partial charge in [0.2, 0.25) is 0 Å². The zero-order chi connectivity index (χ0) is 12.1. The van der Waals surface area contributed by atoms with Gasteiger partial charge in [-0.3, -0.25) is 4.79 Å². The Balaban J connectivity index is 2.82. The molecular formula is C11H15BrN2O2. The van der Waals surface area contributed by atoms with Crippen LogP contribution < -0.4 is 15.8 Å². The number of likely N-dealkylation sites (N-methyl/N-ethyl adjacent to an activating group) is 1. The molecule has 0 aliphatic carbocycles. The van der Waals surface area contributed by atoms with E-state index in [-0.39, 0.29) is 18.6 Å². The van der Waals surface area contributed by atoms with Crippen molar-refractivity contribution in [1.82, 2.24) is 5.32 Å². The molecule has 0 aliphatic rings. The number of nitrogens with two attached hydrogens (primary N) is 1. The Morgan fingerprint density at radius 2 is 2.31 bits per heavy atom. The van der Waals surface area contributed by atoms with Crippen molar-refractivity contribution in [2.24, 2.45) is 5.73 Å². The van der Waals surface area contributed by atoms with Crippen molar-refractivity contribution >= 4 is 21.8 Å². The second-order valence-electron chi connectivity index (χ2n) is 3.43. The minimum atomic E-state index is -0.168. The summed E-state index contributed by atoms with van der Waals surface area (Å²) >= 11 is 3.37. The van der Waals surface area contributed by atoms with E-state index in [0.29, 0.717) is 5.75 Å². The number of hydrogen-bond donors (Lipinski definition) is 2. The van der Waals surface area contributed by atoms with Crippen molar-refractivity contribution in [2.75, 3.05) is 13.7 Å². The monoisotopic (exact) mass is 286 g/mol. The van der Waals surface area contributed by atoms with Crippen LogP contribution >= 0.6 is 15.9 Å². The zero-order valence-electron chi connectivity index (χ0n) is 9.29. The van der Waals surface area contributed by atoms with Gasteiger partial charge in [0.1, 0.15) is 5.75 Å². The second-order valence-corrected chi connectivity index (χ2v) is 4.35. The Morgan fingerprint density at radius 1 is 1.62 bits per heavy atom. The van der Waals surface area contributed by atoms with Crippen LogP contribution in [0.15, 0.2) is 22.7 Å². The third-order valence-electron chi connectivity index (χ3n) is 2.10. The summed E-state index contributed by atoms with van der Waals surface area (Å²) in [5.74, 6) is 0.473. The maximum Gasteiger partial charge on any atom is 0.257 e. The Morgan fingerprint density at radius 3 is 2.88 bits per heavy atom. The largest absolute Gasteiger partial charge is 0.483 e. The average molecular weight is 287 g/mol. The summed E-state index contributed by atoms with van der Waals surface area (Å²) in [4.78, 5) is 11.1. The number of carbonyl (C=O) groups is 1. The van der Waals surface area contributed by atoms with Crippen LogP contribution in [0.5, 0.6) is 5.75 Å². The number of carbonyl (C=O) groups excluding carboxylic acids is 1. The molecule has 0 heterocycles. The van der Waals surface area contributed by atoms with E-state index in [1.807, 2.05) is 19.1 Å². The maximum atomic E-state index is 11.1. The van der Waals surface area contributed by atoms with E-state index in [0.717, 1.165) is 10.0 Å². The summed E-state index contributed by atoms with van der Waals surface area (Å²) < 4.78 is 6.33. The molecule has 5 heteroatoms. The quantitative estimate of drug-likeness (QED) is 0.884. The smallest absolute Gasteiger partial charge is 0.257 e. The molecule has 4 nitrogen and oxygen atoms in total. The van der Waals surface area contributed by atoms with Crippen molar-refractivity contribution in [3.05, 3.63) is 28.2 Å². The van der Waals surface area contributed by atoms with E-state index in [1.54, 1.807) is 13.1 Å². The summed E-state index contributed by atoms with van der Waals surface area (Å²) in [7, 11) is 1.57. The predicted molar refractivity (Wildman–Crippen MR) is 66.3 cm³/mol. The van der Waals surface area contributed by atoms with Gasteiger partial charge in [0, 0.05) is 23.1 Å². The number of halogens is 1. The molecular weight excluding hydrogens is 272 g/mol. The lowest BCUT2D eigenvalue weighted by Crippen LogP contribution is -2.25. The zero-order valence-corrected chi connectivity index (χ0v) is 10.9. The minimum Gasteiger partial charge on any atom is -0.483 e. The lowest BCUT2D eigenvalue weighted by atomic mass is 10.1. The highest BCUT2D eigenvalue weighted by atomic mass is 79.9. The van der Waals surface area contributed by atoms with Crippen LogP contribution in [-0.2, 0) is 4.79 Å². The van der Waals surface area contributed by atoms with Crippen molar-refractivity contribution in [1.29, 1.82) is 0 Å². The molecule has 1 aromatic carbocycles. The summed E-state index contributed by atoms with van der Waals surface area (Å²) in [5, 5.41) is 2.49. The molecule has 16 heavy (non-hydrogen) atoms. The van der Waals surface area contributed by atoms with Crippen LogP contribution in [0.3, 0.4) is 0 Å². The Bertz CT molecular complexity index is 380. The fraction of sp³-hybridized carbons (Fsp3) is 0.364. The van der Waals surface area contributed by atoms with E-state index in [9.17, 15) is 4.79 Å². The van der Waals surface area contributed by atoms with Crippen LogP contribution in [0.25, 0.3) is 0 Å². The lowest BCUT2D eigenvalue weighted by Gasteiger charge is -2.13. The molecule has 0 aliphatic heterocycles. The van der Waals surface area contributed by atoms with Gasteiger partial charge >= 0.3 is 0 Å². The normalized spacial score (nSPS) is 12.0. The highest BCUT2D eigenvalue weighted by Gasteiger charge is 2.10. The van der Waals surface area contributed by atoms with E-state index in [2.05, 4.69) is 21.2 Å². The highest BCUT2D eigenvalue weighted by Crippen LogP contribution is 2.27. The summed E-state index contributed by atoms with van der Waals surface area (Å²) in [6, 6.07) is 5.40. The number of benzene rings is 1. The molecule has 0 radical (unpaired) electrons. The van der Waals surface area contributed by atoms with Crippen molar-refractivity contribution in [2.45, 2.75) is 13.0 Å². The van der Waals surface area contributed by atoms with Gasteiger partial charge in [0.25, 0.3) is 5.91 Å². The first kappa shape index (κ1) is 13.0. The SMILES string of the molecule is CNC(=O)COc1ccc(Br)cc1[C@H](C)N. The van der Waals surface area contributed by atoms with Crippen LogP contribution in [0.4, 0.5) is 0 Å². The minimum absolute atomic E-state index is 0.00213. The molecule has 0 fully saturated rings. The predicted octanol–water partition coefficient (Wildman–Crippen LogP) is 1.59. The summed E-state index contributed by atoms with van der Waals surface area (Å²) in [6.07, 6.45) is 0. The van der Waals surface area contributed by atoms with Crippen LogP contribution in [0.1, 0.15) is 18.5 Å². The van der Waals surface area contributed by atoms with E-state index >= 15 is 0 Å². The van der Waals surface area contributed by atoms with Crippen molar-refractivity contribution < 1.29 is 9.53 Å². The number of hydrogen-bond acceptors (Lipinski definition) is 3. The molecule has 1 amide bonds. The van der Waals surface area contributed by atoms with Gasteiger partial charge in [-0.2, -0.15) is 0 Å².